The summed E-state index contributed by atoms with van der Waals surface area (Å²) in [5, 5.41) is 8.48. The predicted molar refractivity (Wildman–Crippen MR) is 140 cm³/mol. The summed E-state index contributed by atoms with van der Waals surface area (Å²) in [4.78, 5) is 0. The van der Waals surface area contributed by atoms with Crippen molar-refractivity contribution >= 4 is 44.1 Å². The third kappa shape index (κ3) is 3.27. The molecule has 33 heavy (non-hydrogen) atoms. The summed E-state index contributed by atoms with van der Waals surface area (Å²) in [7, 11) is 0. The van der Waals surface area contributed by atoms with Crippen LogP contribution in [-0.2, 0) is 0 Å². The molecule has 0 saturated heterocycles. The van der Waals surface area contributed by atoms with Crippen LogP contribution in [0.5, 0.6) is 0 Å². The Balaban J connectivity index is 1.63. The number of para-hydroxylation sites is 2. The molecule has 6 rings (SSSR count). The maximum absolute atomic E-state index is 6.64. The lowest BCUT2D eigenvalue weighted by molar-refractivity contribution is 0.658. The topological polar surface area (TPSA) is 25.2 Å². The van der Waals surface area contributed by atoms with E-state index in [4.69, 9.17) is 4.42 Å². The second-order valence-electron chi connectivity index (χ2n) is 8.87. The number of benzene rings is 5. The molecule has 1 N–H and O–H groups in total. The van der Waals surface area contributed by atoms with Crippen molar-refractivity contribution in [3.05, 3.63) is 109 Å². The minimum Gasteiger partial charge on any atom is -0.454 e. The van der Waals surface area contributed by atoms with Crippen LogP contribution in [0.4, 0.5) is 11.4 Å². The molecule has 5 aromatic carbocycles. The molecule has 0 spiro atoms. The van der Waals surface area contributed by atoms with Gasteiger partial charge in [0.05, 0.1) is 5.69 Å². The highest BCUT2D eigenvalue weighted by Gasteiger charge is 2.18. The normalized spacial score (nSPS) is 11.6. The summed E-state index contributed by atoms with van der Waals surface area (Å²) >= 11 is 0. The van der Waals surface area contributed by atoms with E-state index in [1.54, 1.807) is 0 Å². The van der Waals surface area contributed by atoms with E-state index in [1.807, 2.05) is 6.07 Å². The van der Waals surface area contributed by atoms with Gasteiger partial charge < -0.3 is 9.73 Å². The second-order valence-corrected chi connectivity index (χ2v) is 8.87. The molecule has 0 saturated carbocycles. The van der Waals surface area contributed by atoms with Gasteiger partial charge in [-0.1, -0.05) is 105 Å². The van der Waals surface area contributed by atoms with Crippen molar-refractivity contribution < 1.29 is 4.42 Å². The summed E-state index contributed by atoms with van der Waals surface area (Å²) in [6.07, 6.45) is 0. The third-order valence-corrected chi connectivity index (χ3v) is 6.42. The zero-order valence-corrected chi connectivity index (χ0v) is 18.8. The van der Waals surface area contributed by atoms with Crippen LogP contribution in [0.2, 0.25) is 0 Å². The standard InChI is InChI=1S/C31H25NO/c1-20(2)23-16-10-17-26-29-25-15-7-6-13-22(25)19-28(31(29)33-30(23)26)32-27-18-9-8-14-24(27)21-11-4-3-5-12-21/h3-20,32H,1-2H3. The maximum Gasteiger partial charge on any atom is 0.159 e. The van der Waals surface area contributed by atoms with Gasteiger partial charge in [0.1, 0.15) is 5.58 Å². The summed E-state index contributed by atoms with van der Waals surface area (Å²) < 4.78 is 6.64. The monoisotopic (exact) mass is 427 g/mol. The van der Waals surface area contributed by atoms with Crippen LogP contribution in [0.25, 0.3) is 43.8 Å². The molecule has 2 heteroatoms. The summed E-state index contributed by atoms with van der Waals surface area (Å²) in [6, 6.07) is 36.2. The molecule has 0 aliphatic rings. The molecule has 0 fully saturated rings. The minimum atomic E-state index is 0.385. The Morgan fingerprint density at radius 2 is 1.36 bits per heavy atom. The molecule has 160 valence electrons. The third-order valence-electron chi connectivity index (χ3n) is 6.42. The van der Waals surface area contributed by atoms with Crippen molar-refractivity contribution in [1.29, 1.82) is 0 Å². The summed E-state index contributed by atoms with van der Waals surface area (Å²) in [5.74, 6) is 0.385. The quantitative estimate of drug-likeness (QED) is 0.303. The molecule has 6 aromatic rings. The molecule has 1 aromatic heterocycles. The Kier molecular flexibility index (Phi) is 4.66. The van der Waals surface area contributed by atoms with Crippen LogP contribution in [0, 0.1) is 0 Å². The first-order valence-corrected chi connectivity index (χ1v) is 11.5. The van der Waals surface area contributed by atoms with Gasteiger partial charge in [-0.2, -0.15) is 0 Å². The van der Waals surface area contributed by atoms with E-state index in [-0.39, 0.29) is 0 Å². The van der Waals surface area contributed by atoms with Gasteiger partial charge in [0.2, 0.25) is 0 Å². The zero-order chi connectivity index (χ0) is 22.4. The molecule has 0 atom stereocenters. The molecule has 0 unspecified atom stereocenters. The Bertz CT molecular complexity index is 1610. The van der Waals surface area contributed by atoms with Crippen molar-refractivity contribution in [2.75, 3.05) is 5.32 Å². The number of rotatable bonds is 4. The van der Waals surface area contributed by atoms with Crippen LogP contribution in [-0.4, -0.2) is 0 Å². The van der Waals surface area contributed by atoms with E-state index in [0.717, 1.165) is 22.5 Å². The fourth-order valence-corrected chi connectivity index (χ4v) is 4.82. The Hall–Kier alpha value is -4.04. The van der Waals surface area contributed by atoms with E-state index >= 15 is 0 Å². The van der Waals surface area contributed by atoms with Gasteiger partial charge >= 0.3 is 0 Å². The average Bonchev–Trinajstić information content (AvgIpc) is 3.25. The molecular formula is C31H25NO. The molecular weight excluding hydrogens is 402 g/mol. The minimum absolute atomic E-state index is 0.385. The van der Waals surface area contributed by atoms with Gasteiger partial charge in [0, 0.05) is 22.0 Å². The lowest BCUT2D eigenvalue weighted by Gasteiger charge is -2.14. The fraction of sp³-hybridized carbons (Fsp3) is 0.0968. The van der Waals surface area contributed by atoms with E-state index in [0.29, 0.717) is 5.92 Å². The SMILES string of the molecule is CC(C)c1cccc2c1oc1c(Nc3ccccc3-c3ccccc3)cc3ccccc3c12. The molecule has 2 nitrogen and oxygen atoms in total. The predicted octanol–water partition coefficient (Wildman–Crippen LogP) is 9.27. The van der Waals surface area contributed by atoms with E-state index < -0.39 is 0 Å². The fourth-order valence-electron chi connectivity index (χ4n) is 4.82. The number of hydrogen-bond donors (Lipinski definition) is 1. The Labute approximate surface area is 193 Å². The first kappa shape index (κ1) is 19.6. The highest BCUT2D eigenvalue weighted by Crippen LogP contribution is 2.43. The number of fused-ring (bicyclic) bond motifs is 5. The first-order chi connectivity index (χ1) is 16.2. The van der Waals surface area contributed by atoms with Gasteiger partial charge in [-0.3, -0.25) is 0 Å². The van der Waals surface area contributed by atoms with Crippen LogP contribution < -0.4 is 5.32 Å². The lowest BCUT2D eigenvalue weighted by atomic mass is 9.98. The van der Waals surface area contributed by atoms with Crippen molar-refractivity contribution in [3.8, 4) is 11.1 Å². The highest BCUT2D eigenvalue weighted by atomic mass is 16.3. The zero-order valence-electron chi connectivity index (χ0n) is 18.8. The van der Waals surface area contributed by atoms with Gasteiger partial charge in [-0.15, -0.1) is 0 Å². The van der Waals surface area contributed by atoms with Crippen LogP contribution >= 0.6 is 0 Å². The number of hydrogen-bond acceptors (Lipinski definition) is 2. The second kappa shape index (κ2) is 7.83. The maximum atomic E-state index is 6.64. The summed E-state index contributed by atoms with van der Waals surface area (Å²) in [6.45, 7) is 4.44. The van der Waals surface area contributed by atoms with Crippen LogP contribution in [0.3, 0.4) is 0 Å². The highest BCUT2D eigenvalue weighted by molar-refractivity contribution is 6.22. The van der Waals surface area contributed by atoms with Crippen molar-refractivity contribution in [2.24, 2.45) is 0 Å². The molecule has 0 aliphatic heterocycles. The van der Waals surface area contributed by atoms with Gasteiger partial charge in [0.25, 0.3) is 0 Å². The Morgan fingerprint density at radius 3 is 2.21 bits per heavy atom. The Morgan fingerprint density at radius 1 is 0.636 bits per heavy atom. The van der Waals surface area contributed by atoms with Gasteiger partial charge in [0.15, 0.2) is 5.58 Å². The van der Waals surface area contributed by atoms with Crippen molar-refractivity contribution in [1.82, 2.24) is 0 Å². The largest absolute Gasteiger partial charge is 0.454 e. The van der Waals surface area contributed by atoms with E-state index in [2.05, 4.69) is 116 Å². The molecule has 0 radical (unpaired) electrons. The summed E-state index contributed by atoms with van der Waals surface area (Å²) in [5.41, 5.74) is 7.52. The van der Waals surface area contributed by atoms with Crippen LogP contribution in [0.1, 0.15) is 25.3 Å². The van der Waals surface area contributed by atoms with Gasteiger partial charge in [-0.05, 0) is 39.9 Å². The number of furan rings is 1. The molecule has 0 aliphatic carbocycles. The van der Waals surface area contributed by atoms with Gasteiger partial charge in [-0.25, -0.2) is 0 Å². The number of anilines is 2. The van der Waals surface area contributed by atoms with E-state index in [9.17, 15) is 0 Å². The molecule has 0 amide bonds. The van der Waals surface area contributed by atoms with E-state index in [1.165, 1.54) is 38.2 Å². The average molecular weight is 428 g/mol. The molecule has 0 bridgehead atoms. The van der Waals surface area contributed by atoms with Crippen LogP contribution in [0.15, 0.2) is 108 Å². The lowest BCUT2D eigenvalue weighted by Crippen LogP contribution is -1.94. The van der Waals surface area contributed by atoms with Crippen molar-refractivity contribution in [3.63, 3.8) is 0 Å². The first-order valence-electron chi connectivity index (χ1n) is 11.5. The van der Waals surface area contributed by atoms with Crippen molar-refractivity contribution in [2.45, 2.75) is 19.8 Å². The molecule has 1 heterocycles. The number of nitrogens with one attached hydrogen (secondary N) is 1. The smallest absolute Gasteiger partial charge is 0.159 e.